The summed E-state index contributed by atoms with van der Waals surface area (Å²) in [6, 6.07) is 10.2. The summed E-state index contributed by atoms with van der Waals surface area (Å²) in [5, 5.41) is 1.04. The molecule has 25 heavy (non-hydrogen) atoms. The lowest BCUT2D eigenvalue weighted by molar-refractivity contribution is -0.130. The second kappa shape index (κ2) is 7.63. The summed E-state index contributed by atoms with van der Waals surface area (Å²) in [6.45, 7) is 4.73. The molecule has 1 heterocycles. The molecule has 2 aromatic carbocycles. The molecule has 1 fully saturated rings. The summed E-state index contributed by atoms with van der Waals surface area (Å²) in [7, 11) is 0. The summed E-state index contributed by atoms with van der Waals surface area (Å²) in [5.74, 6) is -0.502. The number of nitrogens with zero attached hydrogens (tertiary/aromatic N) is 2. The molecular weight excluding hydrogens is 362 g/mol. The van der Waals surface area contributed by atoms with Crippen molar-refractivity contribution in [3.63, 3.8) is 0 Å². The van der Waals surface area contributed by atoms with E-state index in [-0.39, 0.29) is 12.3 Å². The number of anilines is 1. The molecule has 0 unspecified atom stereocenters. The van der Waals surface area contributed by atoms with Gasteiger partial charge in [-0.05, 0) is 42.3 Å². The fourth-order valence-electron chi connectivity index (χ4n) is 3.06. The number of benzene rings is 2. The van der Waals surface area contributed by atoms with Crippen molar-refractivity contribution in [2.45, 2.75) is 13.3 Å². The minimum Gasteiger partial charge on any atom is -0.368 e. The third-order valence-electron chi connectivity index (χ3n) is 4.50. The van der Waals surface area contributed by atoms with Crippen LogP contribution in [0.25, 0.3) is 0 Å². The highest BCUT2D eigenvalue weighted by molar-refractivity contribution is 6.31. The van der Waals surface area contributed by atoms with Gasteiger partial charge in [0, 0.05) is 41.9 Å². The van der Waals surface area contributed by atoms with E-state index in [2.05, 4.69) is 4.90 Å². The van der Waals surface area contributed by atoms with Gasteiger partial charge in [0.1, 0.15) is 5.82 Å². The lowest BCUT2D eigenvalue weighted by Gasteiger charge is -2.37. The molecule has 132 valence electrons. The first-order valence-corrected chi connectivity index (χ1v) is 8.92. The van der Waals surface area contributed by atoms with Gasteiger partial charge >= 0.3 is 0 Å². The molecule has 0 aliphatic carbocycles. The molecule has 1 amide bonds. The van der Waals surface area contributed by atoms with Crippen LogP contribution in [0.5, 0.6) is 0 Å². The van der Waals surface area contributed by atoms with Crippen LogP contribution < -0.4 is 4.90 Å². The maximum absolute atomic E-state index is 13.9. The van der Waals surface area contributed by atoms with Crippen molar-refractivity contribution in [1.82, 2.24) is 4.90 Å². The van der Waals surface area contributed by atoms with Gasteiger partial charge < -0.3 is 9.80 Å². The van der Waals surface area contributed by atoms with E-state index in [9.17, 15) is 9.18 Å². The molecule has 1 aliphatic rings. The summed E-state index contributed by atoms with van der Waals surface area (Å²) >= 11 is 11.8. The van der Waals surface area contributed by atoms with Gasteiger partial charge in [-0.2, -0.15) is 0 Å². The number of piperazine rings is 1. The first-order valence-electron chi connectivity index (χ1n) is 8.17. The van der Waals surface area contributed by atoms with E-state index in [1.54, 1.807) is 17.0 Å². The Bertz CT molecular complexity index is 789. The summed E-state index contributed by atoms with van der Waals surface area (Å²) in [5.41, 5.74) is 2.64. The fraction of sp³-hybridized carbons (Fsp3) is 0.316. The largest absolute Gasteiger partial charge is 0.368 e. The van der Waals surface area contributed by atoms with Crippen LogP contribution in [0.1, 0.15) is 11.1 Å². The van der Waals surface area contributed by atoms with E-state index in [1.165, 1.54) is 6.07 Å². The first kappa shape index (κ1) is 18.0. The maximum Gasteiger partial charge on any atom is 0.227 e. The van der Waals surface area contributed by atoms with Crippen molar-refractivity contribution in [2.75, 3.05) is 31.1 Å². The Kier molecular flexibility index (Phi) is 5.50. The number of hydrogen-bond acceptors (Lipinski definition) is 2. The van der Waals surface area contributed by atoms with Crippen molar-refractivity contribution in [2.24, 2.45) is 0 Å². The third kappa shape index (κ3) is 4.25. The lowest BCUT2D eigenvalue weighted by Crippen LogP contribution is -2.49. The third-order valence-corrected chi connectivity index (χ3v) is 4.97. The molecule has 3 rings (SSSR count). The van der Waals surface area contributed by atoms with E-state index < -0.39 is 5.82 Å². The lowest BCUT2D eigenvalue weighted by atomic mass is 10.1. The Morgan fingerprint density at radius 3 is 2.36 bits per heavy atom. The zero-order valence-corrected chi connectivity index (χ0v) is 15.4. The molecule has 2 aromatic rings. The molecule has 1 saturated heterocycles. The van der Waals surface area contributed by atoms with Gasteiger partial charge in [-0.1, -0.05) is 35.3 Å². The topological polar surface area (TPSA) is 23.6 Å². The van der Waals surface area contributed by atoms with Gasteiger partial charge in [-0.15, -0.1) is 0 Å². The zero-order chi connectivity index (χ0) is 18.0. The van der Waals surface area contributed by atoms with Crippen molar-refractivity contribution < 1.29 is 9.18 Å². The van der Waals surface area contributed by atoms with Crippen molar-refractivity contribution in [3.05, 3.63) is 63.4 Å². The van der Waals surface area contributed by atoms with Crippen LogP contribution in [-0.4, -0.2) is 37.0 Å². The predicted molar refractivity (Wildman–Crippen MR) is 100 cm³/mol. The van der Waals surface area contributed by atoms with E-state index in [1.807, 2.05) is 25.1 Å². The predicted octanol–water partition coefficient (Wildman–Crippen LogP) is 4.33. The first-order chi connectivity index (χ1) is 11.9. The number of amides is 1. The number of hydrogen-bond donors (Lipinski definition) is 0. The van der Waals surface area contributed by atoms with E-state index in [0.717, 1.165) is 24.3 Å². The van der Waals surface area contributed by atoms with E-state index in [4.69, 9.17) is 23.2 Å². The van der Waals surface area contributed by atoms with Crippen LogP contribution >= 0.6 is 23.2 Å². The van der Waals surface area contributed by atoms with Crippen LogP contribution in [0.4, 0.5) is 10.1 Å². The van der Waals surface area contributed by atoms with E-state index >= 15 is 0 Å². The Morgan fingerprint density at radius 2 is 1.68 bits per heavy atom. The monoisotopic (exact) mass is 380 g/mol. The Hall–Kier alpha value is -1.78. The van der Waals surface area contributed by atoms with Crippen LogP contribution in [0.3, 0.4) is 0 Å². The van der Waals surface area contributed by atoms with Gasteiger partial charge in [0.05, 0.1) is 6.42 Å². The summed E-state index contributed by atoms with van der Waals surface area (Å²) in [4.78, 5) is 16.5. The number of aryl methyl sites for hydroxylation is 1. The number of halogens is 3. The SMILES string of the molecule is Cc1ccc(Cl)cc1N1CCN(C(=O)Cc2ccc(Cl)cc2F)CC1. The Labute approximate surface area is 156 Å². The molecule has 3 nitrogen and oxygen atoms in total. The molecule has 0 N–H and O–H groups in total. The molecule has 6 heteroatoms. The van der Waals surface area contributed by atoms with Crippen molar-refractivity contribution in [1.29, 1.82) is 0 Å². The average molecular weight is 381 g/mol. The van der Waals surface area contributed by atoms with Crippen molar-refractivity contribution >= 4 is 34.8 Å². The van der Waals surface area contributed by atoms with Crippen LogP contribution in [0.2, 0.25) is 10.0 Å². The molecule has 1 aliphatic heterocycles. The van der Waals surface area contributed by atoms with Gasteiger partial charge in [0.25, 0.3) is 0 Å². The maximum atomic E-state index is 13.9. The fourth-order valence-corrected chi connectivity index (χ4v) is 3.38. The summed E-state index contributed by atoms with van der Waals surface area (Å²) < 4.78 is 13.9. The van der Waals surface area contributed by atoms with Gasteiger partial charge in [0.15, 0.2) is 0 Å². The molecule has 0 saturated carbocycles. The normalized spacial score (nSPS) is 14.7. The van der Waals surface area contributed by atoms with Crippen LogP contribution in [-0.2, 0) is 11.2 Å². The molecule has 0 atom stereocenters. The zero-order valence-electron chi connectivity index (χ0n) is 13.9. The highest BCUT2D eigenvalue weighted by atomic mass is 35.5. The Balaban J connectivity index is 1.62. The standard InChI is InChI=1S/C19H19Cl2FN2O/c1-13-2-4-16(21)12-18(13)23-6-8-24(9-7-23)19(25)10-14-3-5-15(20)11-17(14)22/h2-5,11-12H,6-10H2,1H3. The minimum absolute atomic E-state index is 0.0548. The van der Waals surface area contributed by atoms with Gasteiger partial charge in [-0.25, -0.2) is 4.39 Å². The highest BCUT2D eigenvalue weighted by Gasteiger charge is 2.23. The average Bonchev–Trinajstić information content (AvgIpc) is 2.59. The molecule has 0 aromatic heterocycles. The van der Waals surface area contributed by atoms with Gasteiger partial charge in [-0.3, -0.25) is 4.79 Å². The Morgan fingerprint density at radius 1 is 1.04 bits per heavy atom. The second-order valence-corrected chi connectivity index (χ2v) is 7.08. The van der Waals surface area contributed by atoms with Gasteiger partial charge in [0.2, 0.25) is 5.91 Å². The minimum atomic E-state index is -0.436. The highest BCUT2D eigenvalue weighted by Crippen LogP contribution is 2.25. The van der Waals surface area contributed by atoms with Crippen molar-refractivity contribution in [3.8, 4) is 0 Å². The molecular formula is C19H19Cl2FN2O. The number of carbonyl (C=O) groups is 1. The molecule has 0 bridgehead atoms. The molecule has 0 spiro atoms. The molecule has 0 radical (unpaired) electrons. The van der Waals surface area contributed by atoms with Crippen LogP contribution in [0.15, 0.2) is 36.4 Å². The smallest absolute Gasteiger partial charge is 0.227 e. The number of rotatable bonds is 3. The van der Waals surface area contributed by atoms with E-state index in [0.29, 0.717) is 28.7 Å². The summed E-state index contributed by atoms with van der Waals surface area (Å²) in [6.07, 6.45) is 0.0548. The van der Waals surface area contributed by atoms with Crippen LogP contribution in [0, 0.1) is 12.7 Å². The quantitative estimate of drug-likeness (QED) is 0.790. The second-order valence-electron chi connectivity index (χ2n) is 6.21. The number of carbonyl (C=O) groups excluding carboxylic acids is 1.